The summed E-state index contributed by atoms with van der Waals surface area (Å²) in [5, 5.41) is 17.5. The van der Waals surface area contributed by atoms with Crippen LogP contribution in [0.25, 0.3) is 0 Å². The van der Waals surface area contributed by atoms with Crippen LogP contribution in [-0.2, 0) is 0 Å². The van der Waals surface area contributed by atoms with Gasteiger partial charge in [-0.3, -0.25) is 10.1 Å². The number of hydrogen-bond donors (Lipinski definition) is 2. The van der Waals surface area contributed by atoms with Gasteiger partial charge in [0.25, 0.3) is 0 Å². The molecule has 0 aromatic heterocycles. The van der Waals surface area contributed by atoms with Crippen LogP contribution < -0.4 is 15.4 Å². The van der Waals surface area contributed by atoms with Crippen LogP contribution in [-0.4, -0.2) is 31.7 Å². The van der Waals surface area contributed by atoms with Crippen molar-refractivity contribution in [2.75, 3.05) is 26.7 Å². The van der Waals surface area contributed by atoms with Crippen LogP contribution in [0.15, 0.2) is 18.2 Å². The van der Waals surface area contributed by atoms with Gasteiger partial charge < -0.3 is 15.4 Å². The molecule has 0 unspecified atom stereocenters. The fraction of sp³-hybridized carbons (Fsp3) is 0.455. The summed E-state index contributed by atoms with van der Waals surface area (Å²) in [7, 11) is 1.43. The number of nitrogens with one attached hydrogen (secondary N) is 2. The molecular formula is C11H16ClN3O3. The van der Waals surface area contributed by atoms with Crippen LogP contribution in [0.2, 0.25) is 0 Å². The maximum Gasteiger partial charge on any atom is 0.311 e. The molecule has 1 aliphatic heterocycles. The second kappa shape index (κ2) is 6.53. The van der Waals surface area contributed by atoms with Crippen molar-refractivity contribution >= 4 is 18.1 Å². The predicted molar refractivity (Wildman–Crippen MR) is 70.5 cm³/mol. The van der Waals surface area contributed by atoms with E-state index in [0.29, 0.717) is 5.75 Å². The highest BCUT2D eigenvalue weighted by atomic mass is 35.5. The van der Waals surface area contributed by atoms with E-state index in [2.05, 4.69) is 10.6 Å². The van der Waals surface area contributed by atoms with Crippen molar-refractivity contribution in [2.24, 2.45) is 0 Å². The molecule has 0 amide bonds. The molecule has 1 heterocycles. The summed E-state index contributed by atoms with van der Waals surface area (Å²) in [4.78, 5) is 10.5. The third-order valence-corrected chi connectivity index (χ3v) is 2.84. The van der Waals surface area contributed by atoms with Crippen molar-refractivity contribution in [1.29, 1.82) is 0 Å². The van der Waals surface area contributed by atoms with Crippen LogP contribution in [0.4, 0.5) is 5.69 Å². The van der Waals surface area contributed by atoms with Crippen molar-refractivity contribution in [3.63, 3.8) is 0 Å². The van der Waals surface area contributed by atoms with Crippen molar-refractivity contribution in [1.82, 2.24) is 10.6 Å². The summed E-state index contributed by atoms with van der Waals surface area (Å²) in [6, 6.07) is 5.19. The Labute approximate surface area is 111 Å². The SMILES string of the molecule is COc1ccc([C@H]2CNCCN2)cc1[N+](=O)[O-].Cl. The Bertz CT molecular complexity index is 422. The van der Waals surface area contributed by atoms with Gasteiger partial charge in [-0.2, -0.15) is 0 Å². The van der Waals surface area contributed by atoms with Gasteiger partial charge in [0.15, 0.2) is 5.75 Å². The van der Waals surface area contributed by atoms with Crippen molar-refractivity contribution in [2.45, 2.75) is 6.04 Å². The monoisotopic (exact) mass is 273 g/mol. The molecule has 6 nitrogen and oxygen atoms in total. The molecule has 1 aliphatic rings. The number of hydrogen-bond acceptors (Lipinski definition) is 5. The lowest BCUT2D eigenvalue weighted by Gasteiger charge is -2.24. The summed E-state index contributed by atoms with van der Waals surface area (Å²) in [6.07, 6.45) is 0. The lowest BCUT2D eigenvalue weighted by molar-refractivity contribution is -0.385. The molecule has 18 heavy (non-hydrogen) atoms. The normalized spacial score (nSPS) is 18.8. The van der Waals surface area contributed by atoms with Gasteiger partial charge in [0.2, 0.25) is 0 Å². The minimum atomic E-state index is -0.418. The number of nitro benzene ring substituents is 1. The lowest BCUT2D eigenvalue weighted by Crippen LogP contribution is -2.42. The predicted octanol–water partition coefficient (Wildman–Crippen LogP) is 1.26. The van der Waals surface area contributed by atoms with Crippen LogP contribution in [0.1, 0.15) is 11.6 Å². The third-order valence-electron chi connectivity index (χ3n) is 2.84. The van der Waals surface area contributed by atoms with E-state index >= 15 is 0 Å². The topological polar surface area (TPSA) is 76.4 Å². The Balaban J connectivity index is 0.00000162. The number of nitro groups is 1. The Morgan fingerprint density at radius 1 is 1.44 bits per heavy atom. The number of nitrogens with zero attached hydrogens (tertiary/aromatic N) is 1. The second-order valence-electron chi connectivity index (χ2n) is 3.90. The van der Waals surface area contributed by atoms with E-state index in [4.69, 9.17) is 4.74 Å². The Kier molecular flexibility index (Phi) is 5.33. The number of methoxy groups -OCH3 is 1. The number of benzene rings is 1. The van der Waals surface area contributed by atoms with E-state index in [1.54, 1.807) is 12.1 Å². The van der Waals surface area contributed by atoms with Gasteiger partial charge in [0, 0.05) is 31.7 Å². The van der Waals surface area contributed by atoms with Gasteiger partial charge in [0.05, 0.1) is 12.0 Å². The first-order valence-electron chi connectivity index (χ1n) is 5.49. The fourth-order valence-corrected chi connectivity index (χ4v) is 1.96. The standard InChI is InChI=1S/C11H15N3O3.ClH/c1-17-11-3-2-8(6-10(11)14(15)16)9-7-12-4-5-13-9;/h2-3,6,9,12-13H,4-5,7H2,1H3;1H/t9-;/m1./s1. The quantitative estimate of drug-likeness (QED) is 0.640. The van der Waals surface area contributed by atoms with Crippen LogP contribution in [0.3, 0.4) is 0 Å². The molecule has 1 saturated heterocycles. The third kappa shape index (κ3) is 3.10. The second-order valence-corrected chi connectivity index (χ2v) is 3.90. The zero-order chi connectivity index (χ0) is 12.3. The minimum absolute atomic E-state index is 0. The molecule has 1 atom stereocenters. The smallest absolute Gasteiger partial charge is 0.311 e. The maximum atomic E-state index is 10.9. The number of rotatable bonds is 3. The van der Waals surface area contributed by atoms with E-state index in [1.165, 1.54) is 7.11 Å². The lowest BCUT2D eigenvalue weighted by atomic mass is 10.0. The Morgan fingerprint density at radius 2 is 2.22 bits per heavy atom. The Morgan fingerprint density at radius 3 is 2.78 bits per heavy atom. The summed E-state index contributed by atoms with van der Waals surface area (Å²) < 4.78 is 4.97. The van der Waals surface area contributed by atoms with Gasteiger partial charge in [-0.05, 0) is 11.6 Å². The van der Waals surface area contributed by atoms with Gasteiger partial charge in [0.1, 0.15) is 0 Å². The van der Waals surface area contributed by atoms with Crippen molar-refractivity contribution in [3.05, 3.63) is 33.9 Å². The van der Waals surface area contributed by atoms with Gasteiger partial charge >= 0.3 is 5.69 Å². The average molecular weight is 274 g/mol. The van der Waals surface area contributed by atoms with Gasteiger partial charge in [-0.15, -0.1) is 12.4 Å². The van der Waals surface area contributed by atoms with E-state index in [9.17, 15) is 10.1 Å². The van der Waals surface area contributed by atoms with Gasteiger partial charge in [-0.25, -0.2) is 0 Å². The first-order valence-corrected chi connectivity index (χ1v) is 5.49. The summed E-state index contributed by atoms with van der Waals surface area (Å²) in [5.41, 5.74) is 0.919. The molecule has 100 valence electrons. The molecule has 0 radical (unpaired) electrons. The molecule has 0 aliphatic carbocycles. The molecular weight excluding hydrogens is 258 g/mol. The summed E-state index contributed by atoms with van der Waals surface area (Å²) >= 11 is 0. The van der Waals surface area contributed by atoms with Crippen LogP contribution >= 0.6 is 12.4 Å². The number of ether oxygens (including phenoxy) is 1. The van der Waals surface area contributed by atoms with E-state index in [1.807, 2.05) is 6.07 Å². The zero-order valence-electron chi connectivity index (χ0n) is 10.0. The van der Waals surface area contributed by atoms with Crippen molar-refractivity contribution in [3.8, 4) is 5.75 Å². The molecule has 1 aromatic carbocycles. The van der Waals surface area contributed by atoms with Crippen LogP contribution in [0.5, 0.6) is 5.75 Å². The highest BCUT2D eigenvalue weighted by Crippen LogP contribution is 2.29. The molecule has 7 heteroatoms. The molecule has 1 fully saturated rings. The Hall–Kier alpha value is -1.37. The first-order chi connectivity index (χ1) is 8.22. The highest BCUT2D eigenvalue weighted by Gasteiger charge is 2.20. The molecule has 2 rings (SSSR count). The zero-order valence-corrected chi connectivity index (χ0v) is 10.8. The first kappa shape index (κ1) is 14.7. The maximum absolute atomic E-state index is 10.9. The number of halogens is 1. The van der Waals surface area contributed by atoms with E-state index in [-0.39, 0.29) is 24.1 Å². The number of piperazine rings is 1. The summed E-state index contributed by atoms with van der Waals surface area (Å²) in [5.74, 6) is 0.294. The van der Waals surface area contributed by atoms with Gasteiger partial charge in [-0.1, -0.05) is 6.07 Å². The largest absolute Gasteiger partial charge is 0.490 e. The summed E-state index contributed by atoms with van der Waals surface area (Å²) in [6.45, 7) is 2.57. The molecule has 0 spiro atoms. The fourth-order valence-electron chi connectivity index (χ4n) is 1.96. The molecule has 2 N–H and O–H groups in total. The molecule has 1 aromatic rings. The highest BCUT2D eigenvalue weighted by molar-refractivity contribution is 5.85. The average Bonchev–Trinajstić information content (AvgIpc) is 2.39. The molecule has 0 bridgehead atoms. The van der Waals surface area contributed by atoms with E-state index in [0.717, 1.165) is 25.2 Å². The van der Waals surface area contributed by atoms with Crippen molar-refractivity contribution < 1.29 is 9.66 Å². The molecule has 0 saturated carbocycles. The van der Waals surface area contributed by atoms with Crippen LogP contribution in [0, 0.1) is 10.1 Å². The minimum Gasteiger partial charge on any atom is -0.490 e. The van der Waals surface area contributed by atoms with E-state index < -0.39 is 4.92 Å².